The molecule has 0 spiro atoms. The third kappa shape index (κ3) is 7.60. The molecule has 1 nitrogen and oxygen atoms in total. The van der Waals surface area contributed by atoms with Crippen LogP contribution in [0.15, 0.2) is 0 Å². The Morgan fingerprint density at radius 3 is 2.58 bits per heavy atom. The van der Waals surface area contributed by atoms with Gasteiger partial charge in [-0.25, -0.2) is 0 Å². The lowest BCUT2D eigenvalue weighted by Gasteiger charge is -2.13. The summed E-state index contributed by atoms with van der Waals surface area (Å²) in [6.07, 6.45) is 3.84. The normalized spacial score (nSPS) is 15.9. The van der Waals surface area contributed by atoms with Crippen LogP contribution in [-0.2, 0) is 16.3 Å². The predicted molar refractivity (Wildman–Crippen MR) is 63.9 cm³/mol. The van der Waals surface area contributed by atoms with E-state index in [0.29, 0.717) is 5.92 Å². The molecule has 0 amide bonds. The summed E-state index contributed by atoms with van der Waals surface area (Å²) in [5.74, 6) is 0.694. The first-order chi connectivity index (χ1) is 5.70. The van der Waals surface area contributed by atoms with Crippen LogP contribution in [0, 0.1) is 5.92 Å². The fourth-order valence-corrected chi connectivity index (χ4v) is 1.89. The van der Waals surface area contributed by atoms with E-state index in [0.717, 1.165) is 6.61 Å². The summed E-state index contributed by atoms with van der Waals surface area (Å²) in [6.45, 7) is 5.24. The van der Waals surface area contributed by atoms with Crippen molar-refractivity contribution in [2.24, 2.45) is 5.92 Å². The van der Waals surface area contributed by atoms with Crippen molar-refractivity contribution in [2.75, 3.05) is 6.61 Å². The smallest absolute Gasteiger partial charge is 0.104 e. The predicted octanol–water partition coefficient (Wildman–Crippen LogP) is 3.66. The highest BCUT2D eigenvalue weighted by Crippen LogP contribution is 2.29. The van der Waals surface area contributed by atoms with Gasteiger partial charge in [-0.05, 0) is 12.3 Å². The van der Waals surface area contributed by atoms with Crippen molar-refractivity contribution >= 4 is 30.2 Å². The highest BCUT2D eigenvalue weighted by Gasteiger charge is 2.05. The maximum atomic E-state index is 5.37. The Hall–Kier alpha value is 0.960. The second-order valence-corrected chi connectivity index (χ2v) is 7.05. The van der Waals surface area contributed by atoms with Crippen molar-refractivity contribution in [2.45, 2.75) is 39.5 Å². The van der Waals surface area contributed by atoms with E-state index in [1.807, 2.05) is 0 Å². The highest BCUT2D eigenvalue weighted by molar-refractivity contribution is 8.54. The Kier molecular flexibility index (Phi) is 9.24. The fourth-order valence-electron chi connectivity index (χ4n) is 1.09. The van der Waals surface area contributed by atoms with Crippen molar-refractivity contribution < 1.29 is 4.52 Å². The minimum Gasteiger partial charge on any atom is -0.344 e. The molecule has 0 bridgehead atoms. The van der Waals surface area contributed by atoms with Crippen molar-refractivity contribution in [3.05, 3.63) is 0 Å². The summed E-state index contributed by atoms with van der Waals surface area (Å²) < 4.78 is 5.37. The van der Waals surface area contributed by atoms with Crippen LogP contribution in [-0.4, -0.2) is 6.61 Å². The Bertz CT molecular complexity index is 130. The molecule has 0 aromatic carbocycles. The van der Waals surface area contributed by atoms with E-state index in [2.05, 4.69) is 26.1 Å². The van der Waals surface area contributed by atoms with Crippen LogP contribution in [0.5, 0.6) is 0 Å². The summed E-state index contributed by atoms with van der Waals surface area (Å²) in [5.41, 5.74) is 0. The van der Waals surface area contributed by atoms with Crippen LogP contribution in [0.25, 0.3) is 0 Å². The molecule has 0 N–H and O–H groups in total. The molecule has 0 aromatic rings. The number of rotatable bonds is 7. The summed E-state index contributed by atoms with van der Waals surface area (Å²) in [5, 5.41) is 0. The van der Waals surface area contributed by atoms with Crippen LogP contribution in [0.4, 0.5) is 0 Å². The van der Waals surface area contributed by atoms with Crippen molar-refractivity contribution in [1.29, 1.82) is 0 Å². The van der Waals surface area contributed by atoms with Crippen LogP contribution in [0.3, 0.4) is 0 Å². The monoisotopic (exact) mass is 226 g/mol. The minimum absolute atomic E-state index is 0.694. The number of hydrogen-bond donors (Lipinski definition) is 1. The molecule has 0 fully saturated rings. The van der Waals surface area contributed by atoms with Crippen molar-refractivity contribution in [3.63, 3.8) is 0 Å². The number of unbranched alkanes of at least 4 members (excludes halogenated alkanes) is 1. The Balaban J connectivity index is 3.45. The molecule has 0 radical (unpaired) electrons. The van der Waals surface area contributed by atoms with Crippen molar-refractivity contribution in [3.8, 4) is 0 Å². The molecule has 0 aliphatic heterocycles. The van der Waals surface area contributed by atoms with Crippen LogP contribution in [0.2, 0.25) is 0 Å². The Labute approximate surface area is 86.9 Å². The summed E-state index contributed by atoms with van der Waals surface area (Å²) in [7, 11) is 0. The largest absolute Gasteiger partial charge is 0.344 e. The average molecular weight is 226 g/mol. The molecule has 0 heterocycles. The minimum atomic E-state index is -1.19. The Morgan fingerprint density at radius 2 is 2.17 bits per heavy atom. The molecule has 12 heavy (non-hydrogen) atoms. The summed E-state index contributed by atoms with van der Waals surface area (Å²) in [6, 6.07) is 0. The summed E-state index contributed by atoms with van der Waals surface area (Å²) in [4.78, 5) is 0. The molecule has 0 saturated carbocycles. The Morgan fingerprint density at radius 1 is 1.50 bits per heavy atom. The first-order valence-electron chi connectivity index (χ1n) is 4.56. The molecule has 2 atom stereocenters. The van der Waals surface area contributed by atoms with Gasteiger partial charge in [0.1, 0.15) is 6.13 Å². The molecular weight excluding hydrogens is 207 g/mol. The second-order valence-electron chi connectivity index (χ2n) is 2.99. The lowest BCUT2D eigenvalue weighted by molar-refractivity contribution is 0.263. The van der Waals surface area contributed by atoms with E-state index in [1.54, 1.807) is 0 Å². The molecule has 0 aliphatic carbocycles. The average Bonchev–Trinajstić information content (AvgIpc) is 2.05. The highest BCUT2D eigenvalue weighted by atomic mass is 32.9. The van der Waals surface area contributed by atoms with E-state index in [1.165, 1.54) is 25.7 Å². The first-order valence-corrected chi connectivity index (χ1v) is 8.39. The van der Waals surface area contributed by atoms with E-state index < -0.39 is 6.13 Å². The second kappa shape index (κ2) is 8.55. The van der Waals surface area contributed by atoms with Crippen LogP contribution in [0.1, 0.15) is 39.5 Å². The van der Waals surface area contributed by atoms with Gasteiger partial charge in [-0.3, -0.25) is 0 Å². The van der Waals surface area contributed by atoms with Gasteiger partial charge in [0.05, 0.1) is 6.61 Å². The van der Waals surface area contributed by atoms with Gasteiger partial charge < -0.3 is 4.52 Å². The van der Waals surface area contributed by atoms with Crippen molar-refractivity contribution in [1.82, 2.24) is 0 Å². The van der Waals surface area contributed by atoms with Gasteiger partial charge in [-0.15, -0.1) is 12.2 Å². The zero-order valence-corrected chi connectivity index (χ0v) is 10.6. The van der Waals surface area contributed by atoms with Crippen LogP contribution >= 0.6 is 18.4 Å². The fraction of sp³-hybridized carbons (Fsp3) is 1.00. The molecule has 0 aliphatic rings. The zero-order valence-electron chi connectivity index (χ0n) is 7.88. The van der Waals surface area contributed by atoms with E-state index in [4.69, 9.17) is 16.3 Å². The molecule has 74 valence electrons. The molecular formula is C8H19OPS2. The standard InChI is InChI=1S/C8H19OPS2/c1-3-5-6-8(4-2)7-9-10(11)12/h8,10H,3-7H2,1-2H3,(H,11,12). The first kappa shape index (κ1) is 13.0. The topological polar surface area (TPSA) is 9.23 Å². The molecule has 0 aromatic heterocycles. The quantitative estimate of drug-likeness (QED) is 0.524. The third-order valence-electron chi connectivity index (χ3n) is 1.99. The zero-order chi connectivity index (χ0) is 9.40. The van der Waals surface area contributed by atoms with Gasteiger partial charge in [0, 0.05) is 0 Å². The van der Waals surface area contributed by atoms with Gasteiger partial charge in [-0.1, -0.05) is 44.9 Å². The van der Waals surface area contributed by atoms with E-state index in [9.17, 15) is 0 Å². The van der Waals surface area contributed by atoms with Gasteiger partial charge in [0.2, 0.25) is 0 Å². The number of thiol groups is 1. The SMILES string of the molecule is CCCCC(CC)CO[PH](=S)S. The lowest BCUT2D eigenvalue weighted by atomic mass is 10.0. The maximum Gasteiger partial charge on any atom is 0.104 e. The molecule has 0 rings (SSSR count). The van der Waals surface area contributed by atoms with E-state index in [-0.39, 0.29) is 0 Å². The van der Waals surface area contributed by atoms with Gasteiger partial charge in [0.25, 0.3) is 0 Å². The van der Waals surface area contributed by atoms with Gasteiger partial charge in [-0.2, -0.15) is 0 Å². The maximum absolute atomic E-state index is 5.37. The van der Waals surface area contributed by atoms with Crippen LogP contribution < -0.4 is 0 Å². The van der Waals surface area contributed by atoms with E-state index >= 15 is 0 Å². The molecule has 0 saturated heterocycles. The molecule has 2 unspecified atom stereocenters. The summed E-state index contributed by atoms with van der Waals surface area (Å²) >= 11 is 9.00. The van der Waals surface area contributed by atoms with Gasteiger partial charge >= 0.3 is 0 Å². The lowest BCUT2D eigenvalue weighted by Crippen LogP contribution is -2.05. The number of hydrogen-bond acceptors (Lipinski definition) is 2. The molecule has 4 heteroatoms. The third-order valence-corrected chi connectivity index (χ3v) is 3.14. The van der Waals surface area contributed by atoms with Gasteiger partial charge in [0.15, 0.2) is 0 Å².